The second-order valence-corrected chi connectivity index (χ2v) is 6.14. The number of rotatable bonds is 4. The summed E-state index contributed by atoms with van der Waals surface area (Å²) in [6.45, 7) is 0. The monoisotopic (exact) mass is 364 g/mol. The molecule has 0 saturated carbocycles. The largest absolute Gasteiger partial charge is 0.495 e. The van der Waals surface area contributed by atoms with Crippen molar-refractivity contribution in [3.63, 3.8) is 0 Å². The van der Waals surface area contributed by atoms with E-state index in [1.807, 2.05) is 0 Å². The van der Waals surface area contributed by atoms with Crippen LogP contribution in [-0.2, 0) is 9.59 Å². The highest BCUT2D eigenvalue weighted by molar-refractivity contribution is 6.32. The highest BCUT2D eigenvalue weighted by Gasteiger charge is 2.39. The fraction of sp³-hybridized carbons (Fsp3) is 0.176. The van der Waals surface area contributed by atoms with E-state index in [2.05, 4.69) is 5.32 Å². The molecular formula is C17H14Cl2N2O3. The molecule has 5 nitrogen and oxygen atoms in total. The molecule has 1 aliphatic rings. The van der Waals surface area contributed by atoms with E-state index in [0.29, 0.717) is 27.2 Å². The Morgan fingerprint density at radius 2 is 1.83 bits per heavy atom. The van der Waals surface area contributed by atoms with Crippen LogP contribution >= 0.6 is 23.2 Å². The third-order valence-electron chi connectivity index (χ3n) is 3.72. The minimum absolute atomic E-state index is 0.0745. The summed E-state index contributed by atoms with van der Waals surface area (Å²) in [5.74, 6) is -0.0347. The van der Waals surface area contributed by atoms with E-state index in [-0.39, 0.29) is 18.2 Å². The number of methoxy groups -OCH3 is 1. The fourth-order valence-corrected chi connectivity index (χ4v) is 2.95. The van der Waals surface area contributed by atoms with Crippen molar-refractivity contribution in [2.75, 3.05) is 17.3 Å². The van der Waals surface area contributed by atoms with E-state index in [4.69, 9.17) is 27.9 Å². The minimum Gasteiger partial charge on any atom is -0.495 e. The van der Waals surface area contributed by atoms with Crippen molar-refractivity contribution in [1.29, 1.82) is 0 Å². The zero-order chi connectivity index (χ0) is 17.3. The Balaban J connectivity index is 1.79. The molecule has 7 heteroatoms. The van der Waals surface area contributed by atoms with Crippen LogP contribution in [0, 0.1) is 0 Å². The number of ether oxygens (including phenoxy) is 1. The maximum Gasteiger partial charge on any atom is 0.256 e. The van der Waals surface area contributed by atoms with Crippen LogP contribution in [0.2, 0.25) is 10.0 Å². The summed E-state index contributed by atoms with van der Waals surface area (Å²) >= 11 is 11.9. The van der Waals surface area contributed by atoms with Crippen LogP contribution in [0.3, 0.4) is 0 Å². The summed E-state index contributed by atoms with van der Waals surface area (Å²) in [7, 11) is 1.53. The first-order valence-corrected chi connectivity index (χ1v) is 7.97. The van der Waals surface area contributed by atoms with E-state index >= 15 is 0 Å². The maximum absolute atomic E-state index is 12.6. The van der Waals surface area contributed by atoms with Gasteiger partial charge in [-0.3, -0.25) is 9.59 Å². The quantitative estimate of drug-likeness (QED) is 0.839. The number of carbonyl (C=O) groups is 2. The Kier molecular flexibility index (Phi) is 4.64. The lowest BCUT2D eigenvalue weighted by Gasteiger charge is -2.16. The molecule has 1 fully saturated rings. The lowest BCUT2D eigenvalue weighted by Crippen LogP contribution is -2.34. The molecule has 0 spiro atoms. The van der Waals surface area contributed by atoms with E-state index in [0.717, 1.165) is 0 Å². The number of nitrogens with one attached hydrogen (secondary N) is 1. The van der Waals surface area contributed by atoms with Crippen molar-refractivity contribution in [3.05, 3.63) is 52.5 Å². The van der Waals surface area contributed by atoms with Gasteiger partial charge in [0.15, 0.2) is 0 Å². The van der Waals surface area contributed by atoms with Crippen molar-refractivity contribution in [3.8, 4) is 5.75 Å². The molecule has 0 aliphatic carbocycles. The molecule has 1 atom stereocenters. The van der Waals surface area contributed by atoms with Crippen molar-refractivity contribution in [1.82, 2.24) is 0 Å². The Morgan fingerprint density at radius 3 is 2.46 bits per heavy atom. The summed E-state index contributed by atoms with van der Waals surface area (Å²) in [4.78, 5) is 26.0. The predicted molar refractivity (Wildman–Crippen MR) is 94.0 cm³/mol. The number of amides is 2. The van der Waals surface area contributed by atoms with Gasteiger partial charge in [0.1, 0.15) is 11.8 Å². The van der Waals surface area contributed by atoms with Crippen LogP contribution in [0.5, 0.6) is 5.75 Å². The van der Waals surface area contributed by atoms with Crippen molar-refractivity contribution in [2.45, 2.75) is 12.5 Å². The summed E-state index contributed by atoms with van der Waals surface area (Å²) < 4.78 is 5.09. The number of hydrogen-bond acceptors (Lipinski definition) is 4. The Hall–Kier alpha value is -2.24. The number of halogens is 2. The van der Waals surface area contributed by atoms with Crippen LogP contribution in [0.1, 0.15) is 6.42 Å². The molecular weight excluding hydrogens is 351 g/mol. The number of carbonyl (C=O) groups excluding carboxylic acids is 2. The SMILES string of the molecule is COc1ccc(N[C@H]2CC(=O)N(c3ccc(Cl)cc3)C2=O)cc1Cl. The molecule has 2 aromatic carbocycles. The molecule has 2 amide bonds. The van der Waals surface area contributed by atoms with Crippen LogP contribution in [-0.4, -0.2) is 25.0 Å². The molecule has 1 saturated heterocycles. The smallest absolute Gasteiger partial charge is 0.256 e. The topological polar surface area (TPSA) is 58.6 Å². The molecule has 0 bridgehead atoms. The second-order valence-electron chi connectivity index (χ2n) is 5.29. The highest BCUT2D eigenvalue weighted by atomic mass is 35.5. The summed E-state index contributed by atoms with van der Waals surface area (Å²) in [5, 5.41) is 4.01. The van der Waals surface area contributed by atoms with Gasteiger partial charge >= 0.3 is 0 Å². The predicted octanol–water partition coefficient (Wildman–Crippen LogP) is 3.75. The van der Waals surface area contributed by atoms with E-state index in [9.17, 15) is 9.59 Å². The van der Waals surface area contributed by atoms with E-state index < -0.39 is 6.04 Å². The van der Waals surface area contributed by atoms with Gasteiger partial charge in [0.05, 0.1) is 24.2 Å². The van der Waals surface area contributed by atoms with Gasteiger partial charge in [-0.2, -0.15) is 0 Å². The molecule has 124 valence electrons. The number of imide groups is 1. The van der Waals surface area contributed by atoms with Crippen LogP contribution in [0.25, 0.3) is 0 Å². The molecule has 1 N–H and O–H groups in total. The van der Waals surface area contributed by atoms with Gasteiger partial charge in [-0.25, -0.2) is 4.90 Å². The first-order valence-electron chi connectivity index (χ1n) is 7.22. The van der Waals surface area contributed by atoms with Gasteiger partial charge in [0.2, 0.25) is 5.91 Å². The Morgan fingerprint density at radius 1 is 1.12 bits per heavy atom. The molecule has 0 aromatic heterocycles. The molecule has 0 unspecified atom stereocenters. The van der Waals surface area contributed by atoms with Crippen molar-refractivity contribution < 1.29 is 14.3 Å². The van der Waals surface area contributed by atoms with Crippen LogP contribution < -0.4 is 15.0 Å². The minimum atomic E-state index is -0.641. The molecule has 24 heavy (non-hydrogen) atoms. The van der Waals surface area contributed by atoms with Gasteiger partial charge in [-0.05, 0) is 42.5 Å². The lowest BCUT2D eigenvalue weighted by molar-refractivity contribution is -0.121. The first kappa shape index (κ1) is 16.6. The maximum atomic E-state index is 12.6. The zero-order valence-corrected chi connectivity index (χ0v) is 14.3. The highest BCUT2D eigenvalue weighted by Crippen LogP contribution is 2.30. The van der Waals surface area contributed by atoms with Crippen molar-refractivity contribution >= 4 is 46.4 Å². The van der Waals surface area contributed by atoms with Gasteiger partial charge in [-0.1, -0.05) is 23.2 Å². The summed E-state index contributed by atoms with van der Waals surface area (Å²) in [6.07, 6.45) is 0.0745. The van der Waals surface area contributed by atoms with Gasteiger partial charge in [0, 0.05) is 10.7 Å². The zero-order valence-electron chi connectivity index (χ0n) is 12.8. The third kappa shape index (κ3) is 3.18. The van der Waals surface area contributed by atoms with Crippen LogP contribution in [0.15, 0.2) is 42.5 Å². The first-order chi connectivity index (χ1) is 11.5. The standard InChI is InChI=1S/C17H14Cl2N2O3/c1-24-15-7-4-11(8-13(15)19)20-14-9-16(22)21(17(14)23)12-5-2-10(18)3-6-12/h2-8,14,20H,9H2,1H3/t14-/m0/s1. The Labute approximate surface area is 149 Å². The number of benzene rings is 2. The summed E-state index contributed by atoms with van der Waals surface area (Å²) in [5.41, 5.74) is 1.15. The number of nitrogens with zero attached hydrogens (tertiary/aromatic N) is 1. The van der Waals surface area contributed by atoms with Crippen LogP contribution in [0.4, 0.5) is 11.4 Å². The lowest BCUT2D eigenvalue weighted by atomic mass is 10.2. The number of hydrogen-bond donors (Lipinski definition) is 1. The van der Waals surface area contributed by atoms with E-state index in [1.165, 1.54) is 12.0 Å². The average Bonchev–Trinajstić information content (AvgIpc) is 2.83. The van der Waals surface area contributed by atoms with E-state index in [1.54, 1.807) is 42.5 Å². The third-order valence-corrected chi connectivity index (χ3v) is 4.27. The molecule has 1 aliphatic heterocycles. The van der Waals surface area contributed by atoms with Gasteiger partial charge < -0.3 is 10.1 Å². The molecule has 2 aromatic rings. The summed E-state index contributed by atoms with van der Waals surface area (Å²) in [6, 6.07) is 11.0. The number of anilines is 2. The molecule has 0 radical (unpaired) electrons. The Bertz CT molecular complexity index is 793. The van der Waals surface area contributed by atoms with Gasteiger partial charge in [0.25, 0.3) is 5.91 Å². The van der Waals surface area contributed by atoms with Crippen molar-refractivity contribution in [2.24, 2.45) is 0 Å². The van der Waals surface area contributed by atoms with Gasteiger partial charge in [-0.15, -0.1) is 0 Å². The second kappa shape index (κ2) is 6.71. The molecule has 3 rings (SSSR count). The molecule has 1 heterocycles. The fourth-order valence-electron chi connectivity index (χ4n) is 2.56. The average molecular weight is 365 g/mol. The normalized spacial score (nSPS) is 17.3.